The lowest BCUT2D eigenvalue weighted by molar-refractivity contribution is 0.207. The van der Waals surface area contributed by atoms with Gasteiger partial charge in [-0.05, 0) is 94.3 Å². The smallest absolute Gasteiger partial charge is 0.248 e. The molecule has 2 aromatic heterocycles. The molecule has 0 spiro atoms. The van der Waals surface area contributed by atoms with Crippen LogP contribution in [0.3, 0.4) is 0 Å². The molecule has 0 atom stereocenters. The molecule has 1 aromatic carbocycles. The largest absolute Gasteiger partial charge is 0.369 e. The molecule has 196 valence electrons. The number of piperidine rings is 1. The van der Waals surface area contributed by atoms with Crippen LogP contribution >= 0.6 is 0 Å². The zero-order chi connectivity index (χ0) is 25.2. The zero-order valence-corrected chi connectivity index (χ0v) is 21.4. The summed E-state index contributed by atoms with van der Waals surface area (Å²) in [5, 5.41) is 16.4. The van der Waals surface area contributed by atoms with Crippen LogP contribution in [0.2, 0.25) is 0 Å². The Kier molecular flexibility index (Phi) is 6.91. The van der Waals surface area contributed by atoms with Crippen molar-refractivity contribution in [2.24, 2.45) is 0 Å². The van der Waals surface area contributed by atoms with Crippen molar-refractivity contribution in [3.63, 3.8) is 0 Å². The molecule has 10 heteroatoms. The molecule has 0 bridgehead atoms. The molecule has 4 heterocycles. The first-order chi connectivity index (χ1) is 18.1. The number of aryl methyl sites for hydroxylation is 2. The van der Waals surface area contributed by atoms with Crippen LogP contribution in [-0.4, -0.2) is 62.1 Å². The van der Waals surface area contributed by atoms with E-state index in [1.165, 1.54) is 55.1 Å². The van der Waals surface area contributed by atoms with Gasteiger partial charge < -0.3 is 20.9 Å². The van der Waals surface area contributed by atoms with E-state index >= 15 is 4.39 Å². The second-order valence-electron chi connectivity index (χ2n) is 10.5. The molecule has 1 aliphatic carbocycles. The normalized spacial score (nSPS) is 19.4. The van der Waals surface area contributed by atoms with Crippen LogP contribution in [0.15, 0.2) is 24.3 Å². The van der Waals surface area contributed by atoms with Gasteiger partial charge in [-0.3, -0.25) is 0 Å². The van der Waals surface area contributed by atoms with Crippen molar-refractivity contribution >= 4 is 23.3 Å². The molecule has 3 N–H and O–H groups in total. The Morgan fingerprint density at radius 1 is 0.892 bits per heavy atom. The molecule has 0 radical (unpaired) electrons. The molecular formula is C27H36FN9. The van der Waals surface area contributed by atoms with Gasteiger partial charge in [0.25, 0.3) is 0 Å². The number of fused-ring (bicyclic) bond motifs is 1. The van der Waals surface area contributed by atoms with E-state index in [1.54, 1.807) is 0 Å². The maximum atomic E-state index is 15.1. The van der Waals surface area contributed by atoms with Crippen LogP contribution in [0.1, 0.15) is 62.6 Å². The molecule has 3 aromatic rings. The summed E-state index contributed by atoms with van der Waals surface area (Å²) in [6.45, 7) is 4.20. The highest BCUT2D eigenvalue weighted by Gasteiger charge is 2.27. The zero-order valence-electron chi connectivity index (χ0n) is 21.4. The SMILES string of the molecule is Nc1nc(Nc2ccc(N3CCC(N4CCCC4)CC3)c(F)c2)nn1-c1cc2c(nn1)CCCCCC2. The predicted molar refractivity (Wildman–Crippen MR) is 143 cm³/mol. The highest BCUT2D eigenvalue weighted by Crippen LogP contribution is 2.29. The number of nitrogen functional groups attached to an aromatic ring is 1. The summed E-state index contributed by atoms with van der Waals surface area (Å²) >= 11 is 0. The highest BCUT2D eigenvalue weighted by atomic mass is 19.1. The van der Waals surface area contributed by atoms with E-state index < -0.39 is 0 Å². The van der Waals surface area contributed by atoms with E-state index in [0.717, 1.165) is 57.3 Å². The van der Waals surface area contributed by atoms with E-state index in [-0.39, 0.29) is 11.8 Å². The number of hydrogen-bond acceptors (Lipinski definition) is 8. The lowest BCUT2D eigenvalue weighted by atomic mass is 9.98. The van der Waals surface area contributed by atoms with E-state index in [0.29, 0.717) is 29.2 Å². The number of benzene rings is 1. The van der Waals surface area contributed by atoms with Crippen molar-refractivity contribution < 1.29 is 4.39 Å². The maximum absolute atomic E-state index is 15.1. The lowest BCUT2D eigenvalue weighted by Gasteiger charge is -2.37. The summed E-state index contributed by atoms with van der Waals surface area (Å²) in [7, 11) is 0. The number of likely N-dealkylation sites (tertiary alicyclic amines) is 1. The molecule has 37 heavy (non-hydrogen) atoms. The summed E-state index contributed by atoms with van der Waals surface area (Å²) in [4.78, 5) is 9.10. The molecule has 0 unspecified atom stereocenters. The third kappa shape index (κ3) is 5.25. The Bertz CT molecular complexity index is 1230. The van der Waals surface area contributed by atoms with Crippen LogP contribution in [0.4, 0.5) is 27.7 Å². The minimum atomic E-state index is -0.246. The number of nitrogens with one attached hydrogen (secondary N) is 1. The maximum Gasteiger partial charge on any atom is 0.248 e. The number of rotatable bonds is 5. The van der Waals surface area contributed by atoms with E-state index in [1.807, 2.05) is 18.2 Å². The fourth-order valence-electron chi connectivity index (χ4n) is 6.03. The average molecular weight is 506 g/mol. The quantitative estimate of drug-likeness (QED) is 0.531. The Labute approximate surface area is 217 Å². The van der Waals surface area contributed by atoms with E-state index in [4.69, 9.17) is 5.73 Å². The molecular weight excluding hydrogens is 469 g/mol. The van der Waals surface area contributed by atoms with Crippen LogP contribution < -0.4 is 16.0 Å². The van der Waals surface area contributed by atoms with Crippen molar-refractivity contribution in [2.45, 2.75) is 70.3 Å². The second kappa shape index (κ2) is 10.6. The number of anilines is 4. The molecule has 0 saturated carbocycles. The fraction of sp³-hybridized carbons (Fsp3) is 0.556. The van der Waals surface area contributed by atoms with Gasteiger partial charge in [-0.2, -0.15) is 14.8 Å². The van der Waals surface area contributed by atoms with Gasteiger partial charge in [-0.15, -0.1) is 10.2 Å². The molecule has 0 amide bonds. The monoisotopic (exact) mass is 505 g/mol. The molecule has 3 aliphatic rings. The van der Waals surface area contributed by atoms with Gasteiger partial charge in [0, 0.05) is 24.8 Å². The fourth-order valence-corrected chi connectivity index (χ4v) is 6.03. The topological polar surface area (TPSA) is 101 Å². The van der Waals surface area contributed by atoms with Crippen molar-refractivity contribution in [1.82, 2.24) is 29.9 Å². The van der Waals surface area contributed by atoms with Crippen molar-refractivity contribution in [1.29, 1.82) is 0 Å². The predicted octanol–water partition coefficient (Wildman–Crippen LogP) is 4.25. The number of halogens is 1. The van der Waals surface area contributed by atoms with Gasteiger partial charge in [-0.25, -0.2) is 4.39 Å². The van der Waals surface area contributed by atoms with E-state index in [2.05, 4.69) is 35.4 Å². The Hall–Kier alpha value is -3.27. The van der Waals surface area contributed by atoms with Gasteiger partial charge >= 0.3 is 0 Å². The van der Waals surface area contributed by atoms with E-state index in [9.17, 15) is 0 Å². The van der Waals surface area contributed by atoms with Gasteiger partial charge in [0.2, 0.25) is 11.9 Å². The Morgan fingerprint density at radius 3 is 2.46 bits per heavy atom. The molecule has 2 fully saturated rings. The molecule has 2 saturated heterocycles. The van der Waals surface area contributed by atoms with Crippen LogP contribution in [0.5, 0.6) is 0 Å². The third-order valence-corrected chi connectivity index (χ3v) is 8.07. The Morgan fingerprint density at radius 2 is 1.68 bits per heavy atom. The summed E-state index contributed by atoms with van der Waals surface area (Å²) in [6, 6.07) is 7.87. The summed E-state index contributed by atoms with van der Waals surface area (Å²) in [5.41, 5.74) is 9.67. The van der Waals surface area contributed by atoms with Crippen molar-refractivity contribution in [3.8, 4) is 5.82 Å². The van der Waals surface area contributed by atoms with Crippen LogP contribution in [0.25, 0.3) is 5.82 Å². The number of aromatic nitrogens is 5. The van der Waals surface area contributed by atoms with Gasteiger partial charge in [0.15, 0.2) is 5.82 Å². The first kappa shape index (κ1) is 24.1. The van der Waals surface area contributed by atoms with Crippen LogP contribution in [0, 0.1) is 5.82 Å². The van der Waals surface area contributed by atoms with Crippen molar-refractivity contribution in [2.75, 3.05) is 42.1 Å². The summed E-state index contributed by atoms with van der Waals surface area (Å²) in [5.74, 6) is 0.811. The number of nitrogens with zero attached hydrogens (tertiary/aromatic N) is 7. The Balaban J connectivity index is 1.13. The standard InChI is InChI=1S/C27H36FN9/c28-22-18-20(9-10-24(22)36-15-11-21(12-16-36)35-13-5-6-14-35)30-27-31-26(29)37(34-27)25-17-19-7-3-1-2-4-8-23(19)32-33-25/h9-10,17-18,21H,1-8,11-16H2,(H3,29,30,31,34). The van der Waals surface area contributed by atoms with Gasteiger partial charge in [0.05, 0.1) is 11.4 Å². The average Bonchev–Trinajstić information content (AvgIpc) is 3.55. The van der Waals surface area contributed by atoms with Gasteiger partial charge in [0.1, 0.15) is 5.82 Å². The third-order valence-electron chi connectivity index (χ3n) is 8.07. The first-order valence-corrected chi connectivity index (χ1v) is 13.8. The molecule has 2 aliphatic heterocycles. The first-order valence-electron chi connectivity index (χ1n) is 13.8. The van der Waals surface area contributed by atoms with Gasteiger partial charge in [-0.1, -0.05) is 12.8 Å². The molecule has 6 rings (SSSR count). The lowest BCUT2D eigenvalue weighted by Crippen LogP contribution is -2.44. The summed E-state index contributed by atoms with van der Waals surface area (Å²) < 4.78 is 16.6. The highest BCUT2D eigenvalue weighted by molar-refractivity contribution is 5.61. The summed E-state index contributed by atoms with van der Waals surface area (Å²) in [6.07, 6.45) is 11.5. The minimum absolute atomic E-state index is 0.209. The number of nitrogens with two attached hydrogens (primary N) is 1. The second-order valence-corrected chi connectivity index (χ2v) is 10.5. The number of hydrogen-bond donors (Lipinski definition) is 2. The molecule has 9 nitrogen and oxygen atoms in total. The minimum Gasteiger partial charge on any atom is -0.369 e. The van der Waals surface area contributed by atoms with Crippen LogP contribution in [-0.2, 0) is 12.8 Å². The van der Waals surface area contributed by atoms with Crippen molar-refractivity contribution in [3.05, 3.63) is 41.3 Å².